The van der Waals surface area contributed by atoms with Gasteiger partial charge in [0.25, 0.3) is 5.91 Å². The Morgan fingerprint density at radius 3 is 2.06 bits per heavy atom. The van der Waals surface area contributed by atoms with Crippen molar-refractivity contribution >= 4 is 27.6 Å². The monoisotopic (exact) mass is 445 g/mol. The van der Waals surface area contributed by atoms with Crippen LogP contribution in [0.5, 0.6) is 0 Å². The molecular weight excluding hydrogens is 418 g/mol. The Labute approximate surface area is 182 Å². The van der Waals surface area contributed by atoms with E-state index in [1.54, 1.807) is 43.3 Å². The van der Waals surface area contributed by atoms with Crippen LogP contribution in [0.4, 0.5) is 5.69 Å². The van der Waals surface area contributed by atoms with Crippen molar-refractivity contribution in [3.63, 3.8) is 0 Å². The lowest BCUT2D eigenvalue weighted by Gasteiger charge is -2.33. The van der Waals surface area contributed by atoms with Crippen molar-refractivity contribution in [1.29, 1.82) is 0 Å². The number of nitrogens with one attached hydrogen (secondary N) is 1. The minimum absolute atomic E-state index is 0.239. The zero-order valence-corrected chi connectivity index (χ0v) is 18.5. The van der Waals surface area contributed by atoms with Crippen LogP contribution in [-0.4, -0.2) is 68.5 Å². The second-order valence-corrected chi connectivity index (χ2v) is 9.37. The van der Waals surface area contributed by atoms with E-state index in [1.165, 1.54) is 10.6 Å². The van der Waals surface area contributed by atoms with Gasteiger partial charge in [0.1, 0.15) is 0 Å². The van der Waals surface area contributed by atoms with Crippen molar-refractivity contribution in [2.24, 2.45) is 0 Å². The molecule has 1 heterocycles. The molecule has 166 valence electrons. The molecule has 2 aromatic carbocycles. The van der Waals surface area contributed by atoms with Gasteiger partial charge in [-0.1, -0.05) is 12.1 Å². The third-order valence-electron chi connectivity index (χ3n) is 5.08. The smallest absolute Gasteiger partial charge is 0.338 e. The molecule has 0 radical (unpaired) electrons. The number of anilines is 1. The number of hydrogen-bond donors (Lipinski definition) is 1. The zero-order chi connectivity index (χ0) is 22.4. The fourth-order valence-corrected chi connectivity index (χ4v) is 4.17. The summed E-state index contributed by atoms with van der Waals surface area (Å²) in [5.41, 5.74) is 2.61. The summed E-state index contributed by atoms with van der Waals surface area (Å²) in [4.78, 5) is 26.4. The third kappa shape index (κ3) is 6.36. The molecule has 2 aromatic rings. The number of carbonyl (C=O) groups is 2. The van der Waals surface area contributed by atoms with Crippen molar-refractivity contribution < 1.29 is 22.7 Å². The molecule has 0 aromatic heterocycles. The molecule has 1 aliphatic heterocycles. The van der Waals surface area contributed by atoms with E-state index in [4.69, 9.17) is 4.74 Å². The van der Waals surface area contributed by atoms with Crippen LogP contribution in [0.3, 0.4) is 0 Å². The third-order valence-corrected chi connectivity index (χ3v) is 6.38. The first-order valence-electron chi connectivity index (χ1n) is 10.1. The van der Waals surface area contributed by atoms with E-state index in [-0.39, 0.29) is 5.91 Å². The SMILES string of the molecule is CCOC(=O)c1ccc(NC(=O)c2ccc(CN3CCN(S(C)(=O)=O)CC3)cc2)cc1. The van der Waals surface area contributed by atoms with E-state index >= 15 is 0 Å². The lowest BCUT2D eigenvalue weighted by atomic mass is 10.1. The summed E-state index contributed by atoms with van der Waals surface area (Å²) in [5, 5.41) is 2.81. The van der Waals surface area contributed by atoms with Gasteiger partial charge in [-0.3, -0.25) is 9.69 Å². The molecular formula is C22H27N3O5S. The van der Waals surface area contributed by atoms with Crippen LogP contribution in [0.25, 0.3) is 0 Å². The molecule has 1 N–H and O–H groups in total. The van der Waals surface area contributed by atoms with Gasteiger partial charge in [-0.2, -0.15) is 4.31 Å². The van der Waals surface area contributed by atoms with Gasteiger partial charge >= 0.3 is 5.97 Å². The van der Waals surface area contributed by atoms with E-state index < -0.39 is 16.0 Å². The van der Waals surface area contributed by atoms with Gasteiger partial charge in [0.05, 0.1) is 18.4 Å². The summed E-state index contributed by atoms with van der Waals surface area (Å²) < 4.78 is 29.7. The minimum Gasteiger partial charge on any atom is -0.462 e. The van der Waals surface area contributed by atoms with Crippen LogP contribution in [0.15, 0.2) is 48.5 Å². The Hall–Kier alpha value is -2.75. The van der Waals surface area contributed by atoms with E-state index in [0.717, 1.165) is 5.56 Å². The summed E-state index contributed by atoms with van der Waals surface area (Å²) in [6.45, 7) is 5.10. The molecule has 1 aliphatic rings. The lowest BCUT2D eigenvalue weighted by molar-refractivity contribution is 0.0526. The molecule has 0 atom stereocenters. The maximum Gasteiger partial charge on any atom is 0.338 e. The maximum absolute atomic E-state index is 12.5. The molecule has 8 nitrogen and oxygen atoms in total. The van der Waals surface area contributed by atoms with E-state index in [9.17, 15) is 18.0 Å². The average Bonchev–Trinajstić information content (AvgIpc) is 2.74. The van der Waals surface area contributed by atoms with E-state index in [0.29, 0.717) is 56.1 Å². The molecule has 1 saturated heterocycles. The number of rotatable bonds is 7. The maximum atomic E-state index is 12.5. The van der Waals surface area contributed by atoms with Gasteiger partial charge in [0.2, 0.25) is 10.0 Å². The van der Waals surface area contributed by atoms with Gasteiger partial charge in [0, 0.05) is 44.0 Å². The summed E-state index contributed by atoms with van der Waals surface area (Å²) in [7, 11) is -3.13. The fraction of sp³-hybridized carbons (Fsp3) is 0.364. The molecule has 31 heavy (non-hydrogen) atoms. The van der Waals surface area contributed by atoms with Crippen molar-refractivity contribution in [2.75, 3.05) is 44.4 Å². The van der Waals surface area contributed by atoms with Crippen LogP contribution in [0.2, 0.25) is 0 Å². The highest BCUT2D eigenvalue weighted by Gasteiger charge is 2.23. The Balaban J connectivity index is 1.53. The summed E-state index contributed by atoms with van der Waals surface area (Å²) in [6, 6.07) is 13.9. The summed E-state index contributed by atoms with van der Waals surface area (Å²) >= 11 is 0. The van der Waals surface area contributed by atoms with Crippen LogP contribution in [0, 0.1) is 0 Å². The van der Waals surface area contributed by atoms with Crippen molar-refractivity contribution in [1.82, 2.24) is 9.21 Å². The molecule has 1 fully saturated rings. The Bertz CT molecular complexity index is 1010. The quantitative estimate of drug-likeness (QED) is 0.657. The van der Waals surface area contributed by atoms with Crippen LogP contribution in [0.1, 0.15) is 33.2 Å². The molecule has 3 rings (SSSR count). The van der Waals surface area contributed by atoms with Gasteiger partial charge in [-0.25, -0.2) is 13.2 Å². The van der Waals surface area contributed by atoms with E-state index in [2.05, 4.69) is 10.2 Å². The number of ether oxygens (including phenoxy) is 1. The van der Waals surface area contributed by atoms with Crippen LogP contribution in [-0.2, 0) is 21.3 Å². The van der Waals surface area contributed by atoms with Crippen molar-refractivity contribution in [2.45, 2.75) is 13.5 Å². The van der Waals surface area contributed by atoms with Gasteiger partial charge < -0.3 is 10.1 Å². The first-order chi connectivity index (χ1) is 14.8. The first-order valence-corrected chi connectivity index (χ1v) is 12.0. The molecule has 1 amide bonds. The van der Waals surface area contributed by atoms with Crippen LogP contribution >= 0.6 is 0 Å². The highest BCUT2D eigenvalue weighted by atomic mass is 32.2. The highest BCUT2D eigenvalue weighted by Crippen LogP contribution is 2.15. The summed E-state index contributed by atoms with van der Waals surface area (Å²) in [5.74, 6) is -0.633. The number of sulfonamides is 1. The molecule has 0 spiro atoms. The standard InChI is InChI=1S/C22H27N3O5S/c1-3-30-22(27)19-8-10-20(11-9-19)23-21(26)18-6-4-17(5-7-18)16-24-12-14-25(15-13-24)31(2,28)29/h4-11H,3,12-16H2,1-2H3,(H,23,26). The molecule has 0 bridgehead atoms. The molecule has 0 unspecified atom stereocenters. The van der Waals surface area contributed by atoms with Crippen molar-refractivity contribution in [3.05, 3.63) is 65.2 Å². The topological polar surface area (TPSA) is 96.0 Å². The highest BCUT2D eigenvalue weighted by molar-refractivity contribution is 7.88. The molecule has 9 heteroatoms. The number of carbonyl (C=O) groups excluding carboxylic acids is 2. The molecule has 0 saturated carbocycles. The number of esters is 1. The van der Waals surface area contributed by atoms with E-state index in [1.807, 2.05) is 12.1 Å². The van der Waals surface area contributed by atoms with Gasteiger partial charge in [-0.05, 0) is 48.9 Å². The number of benzene rings is 2. The van der Waals surface area contributed by atoms with Gasteiger partial charge in [0.15, 0.2) is 0 Å². The lowest BCUT2D eigenvalue weighted by Crippen LogP contribution is -2.47. The second kappa shape index (κ2) is 10.0. The normalized spacial score (nSPS) is 15.4. The molecule has 0 aliphatic carbocycles. The Morgan fingerprint density at radius 2 is 1.52 bits per heavy atom. The number of amides is 1. The predicted octanol–water partition coefficient (Wildman–Crippen LogP) is 2.19. The summed E-state index contributed by atoms with van der Waals surface area (Å²) in [6.07, 6.45) is 1.24. The minimum atomic E-state index is -3.13. The second-order valence-electron chi connectivity index (χ2n) is 7.39. The Morgan fingerprint density at radius 1 is 0.935 bits per heavy atom. The predicted molar refractivity (Wildman–Crippen MR) is 118 cm³/mol. The largest absolute Gasteiger partial charge is 0.462 e. The van der Waals surface area contributed by atoms with Crippen molar-refractivity contribution in [3.8, 4) is 0 Å². The fourth-order valence-electron chi connectivity index (χ4n) is 3.35. The number of hydrogen-bond acceptors (Lipinski definition) is 6. The zero-order valence-electron chi connectivity index (χ0n) is 17.7. The average molecular weight is 446 g/mol. The number of nitrogens with zero attached hydrogens (tertiary/aromatic N) is 2. The Kier molecular flexibility index (Phi) is 7.42. The number of piperazine rings is 1. The first kappa shape index (κ1) is 22.9. The van der Waals surface area contributed by atoms with Gasteiger partial charge in [-0.15, -0.1) is 0 Å². The van der Waals surface area contributed by atoms with Crippen LogP contribution < -0.4 is 5.32 Å².